The molecule has 0 saturated carbocycles. The molecule has 2 unspecified atom stereocenters. The molecule has 3 N–H and O–H groups in total. The van der Waals surface area contributed by atoms with Gasteiger partial charge in [-0.05, 0) is 41.3 Å². The molecular weight excluding hydrogens is 266 g/mol. The predicted octanol–water partition coefficient (Wildman–Crippen LogP) is 3.58. The number of nitrogens with one attached hydrogen (secondary N) is 1. The Balaban J connectivity index is 2.86. The van der Waals surface area contributed by atoms with Gasteiger partial charge in [0.1, 0.15) is 5.82 Å². The molecule has 0 fully saturated rings. The molecule has 0 saturated heterocycles. The van der Waals surface area contributed by atoms with Gasteiger partial charge in [0.15, 0.2) is 0 Å². The van der Waals surface area contributed by atoms with Gasteiger partial charge >= 0.3 is 0 Å². The van der Waals surface area contributed by atoms with Crippen LogP contribution in [0, 0.1) is 12.8 Å². The first-order chi connectivity index (χ1) is 7.47. The molecule has 3 nitrogen and oxygen atoms in total. The number of hydrogen-bond acceptors (Lipinski definition) is 3. The number of halogens is 1. The van der Waals surface area contributed by atoms with Gasteiger partial charge in [0, 0.05) is 6.04 Å². The van der Waals surface area contributed by atoms with Crippen LogP contribution in [-0.4, -0.2) is 11.0 Å². The zero-order valence-electron chi connectivity index (χ0n) is 10.3. The SMILES string of the molecule is CCC(C)C(C)Nc1ncc(N)c(C)c1Br. The molecule has 2 atom stereocenters. The Morgan fingerprint density at radius 3 is 2.69 bits per heavy atom. The van der Waals surface area contributed by atoms with Crippen molar-refractivity contribution in [1.29, 1.82) is 0 Å². The van der Waals surface area contributed by atoms with E-state index in [-0.39, 0.29) is 0 Å². The second kappa shape index (κ2) is 5.53. The van der Waals surface area contributed by atoms with Crippen molar-refractivity contribution in [2.45, 2.75) is 40.2 Å². The lowest BCUT2D eigenvalue weighted by Gasteiger charge is -2.21. The molecule has 1 aromatic heterocycles. The molecule has 0 aliphatic heterocycles. The smallest absolute Gasteiger partial charge is 0.140 e. The molecule has 0 radical (unpaired) electrons. The van der Waals surface area contributed by atoms with Gasteiger partial charge in [-0.2, -0.15) is 0 Å². The lowest BCUT2D eigenvalue weighted by molar-refractivity contribution is 0.493. The zero-order valence-corrected chi connectivity index (χ0v) is 11.9. The maximum Gasteiger partial charge on any atom is 0.140 e. The summed E-state index contributed by atoms with van der Waals surface area (Å²) in [6, 6.07) is 0.400. The first-order valence-electron chi connectivity index (χ1n) is 5.64. The third kappa shape index (κ3) is 2.88. The van der Waals surface area contributed by atoms with Gasteiger partial charge in [-0.3, -0.25) is 0 Å². The minimum absolute atomic E-state index is 0.400. The number of nitrogen functional groups attached to an aromatic ring is 1. The molecule has 1 aromatic rings. The van der Waals surface area contributed by atoms with E-state index in [2.05, 4.69) is 47.0 Å². The van der Waals surface area contributed by atoms with E-state index in [0.717, 1.165) is 22.3 Å². The highest BCUT2D eigenvalue weighted by atomic mass is 79.9. The normalized spacial score (nSPS) is 14.6. The van der Waals surface area contributed by atoms with Crippen LogP contribution < -0.4 is 11.1 Å². The fraction of sp³-hybridized carbons (Fsp3) is 0.583. The third-order valence-corrected chi connectivity index (χ3v) is 4.14. The van der Waals surface area contributed by atoms with E-state index >= 15 is 0 Å². The molecule has 1 heterocycles. The van der Waals surface area contributed by atoms with Gasteiger partial charge < -0.3 is 11.1 Å². The van der Waals surface area contributed by atoms with Crippen molar-refractivity contribution >= 4 is 27.4 Å². The van der Waals surface area contributed by atoms with Crippen LogP contribution in [0.5, 0.6) is 0 Å². The molecule has 90 valence electrons. The summed E-state index contributed by atoms with van der Waals surface area (Å²) in [5, 5.41) is 3.42. The average Bonchev–Trinajstić information content (AvgIpc) is 2.28. The molecule has 4 heteroatoms. The van der Waals surface area contributed by atoms with Gasteiger partial charge in [0.25, 0.3) is 0 Å². The molecule has 0 aliphatic carbocycles. The number of pyridine rings is 1. The summed E-state index contributed by atoms with van der Waals surface area (Å²) in [7, 11) is 0. The highest BCUT2D eigenvalue weighted by Gasteiger charge is 2.13. The fourth-order valence-electron chi connectivity index (χ4n) is 1.40. The number of nitrogens with two attached hydrogens (primary N) is 1. The van der Waals surface area contributed by atoms with E-state index < -0.39 is 0 Å². The number of rotatable bonds is 4. The minimum Gasteiger partial charge on any atom is -0.397 e. The molecule has 1 rings (SSSR count). The summed E-state index contributed by atoms with van der Waals surface area (Å²) >= 11 is 3.53. The van der Waals surface area contributed by atoms with Gasteiger partial charge in [-0.15, -0.1) is 0 Å². The quantitative estimate of drug-likeness (QED) is 0.889. The number of aromatic nitrogens is 1. The van der Waals surface area contributed by atoms with Gasteiger partial charge in [0.2, 0.25) is 0 Å². The first kappa shape index (κ1) is 13.3. The Bertz CT molecular complexity index is 366. The second-order valence-electron chi connectivity index (χ2n) is 4.32. The highest BCUT2D eigenvalue weighted by molar-refractivity contribution is 9.10. The van der Waals surface area contributed by atoms with E-state index in [9.17, 15) is 0 Å². The maximum atomic E-state index is 5.79. The van der Waals surface area contributed by atoms with E-state index in [4.69, 9.17) is 5.73 Å². The molecule has 0 amide bonds. The van der Waals surface area contributed by atoms with Crippen LogP contribution in [-0.2, 0) is 0 Å². The number of anilines is 2. The van der Waals surface area contributed by atoms with Crippen molar-refractivity contribution in [2.24, 2.45) is 5.92 Å². The molecule has 0 bridgehead atoms. The Labute approximate surface area is 106 Å². The Kier molecular flexibility index (Phi) is 4.59. The fourth-order valence-corrected chi connectivity index (χ4v) is 1.85. The number of hydrogen-bond donors (Lipinski definition) is 2. The Morgan fingerprint density at radius 1 is 1.50 bits per heavy atom. The maximum absolute atomic E-state index is 5.79. The zero-order chi connectivity index (χ0) is 12.3. The lowest BCUT2D eigenvalue weighted by atomic mass is 10.0. The minimum atomic E-state index is 0.400. The molecular formula is C12H20BrN3. The van der Waals surface area contributed by atoms with Crippen molar-refractivity contribution in [1.82, 2.24) is 4.98 Å². The van der Waals surface area contributed by atoms with Crippen LogP contribution in [0.3, 0.4) is 0 Å². The third-order valence-electron chi connectivity index (χ3n) is 3.16. The van der Waals surface area contributed by atoms with Crippen molar-refractivity contribution in [2.75, 3.05) is 11.1 Å². The van der Waals surface area contributed by atoms with Crippen molar-refractivity contribution < 1.29 is 0 Å². The summed E-state index contributed by atoms with van der Waals surface area (Å²) in [5.74, 6) is 1.49. The van der Waals surface area contributed by atoms with E-state index in [1.807, 2.05) is 6.92 Å². The van der Waals surface area contributed by atoms with E-state index in [1.54, 1.807) is 6.20 Å². The second-order valence-corrected chi connectivity index (χ2v) is 5.11. The Morgan fingerprint density at radius 2 is 2.12 bits per heavy atom. The largest absolute Gasteiger partial charge is 0.397 e. The summed E-state index contributed by atoms with van der Waals surface area (Å²) in [5.41, 5.74) is 7.54. The van der Waals surface area contributed by atoms with Crippen LogP contribution in [0.1, 0.15) is 32.8 Å². The van der Waals surface area contributed by atoms with Crippen LogP contribution in [0.25, 0.3) is 0 Å². The summed E-state index contributed by atoms with van der Waals surface area (Å²) in [4.78, 5) is 4.31. The summed E-state index contributed by atoms with van der Waals surface area (Å²) < 4.78 is 0.961. The van der Waals surface area contributed by atoms with Gasteiger partial charge in [0.05, 0.1) is 16.4 Å². The monoisotopic (exact) mass is 285 g/mol. The first-order valence-corrected chi connectivity index (χ1v) is 6.43. The van der Waals surface area contributed by atoms with Gasteiger partial charge in [-0.25, -0.2) is 4.98 Å². The molecule has 16 heavy (non-hydrogen) atoms. The van der Waals surface area contributed by atoms with Crippen molar-refractivity contribution in [3.8, 4) is 0 Å². The van der Waals surface area contributed by atoms with E-state index in [1.165, 1.54) is 0 Å². The average molecular weight is 286 g/mol. The van der Waals surface area contributed by atoms with Crippen LogP contribution in [0.4, 0.5) is 11.5 Å². The number of nitrogens with zero attached hydrogens (tertiary/aromatic N) is 1. The van der Waals surface area contributed by atoms with Crippen LogP contribution in [0.15, 0.2) is 10.7 Å². The van der Waals surface area contributed by atoms with Crippen LogP contribution >= 0.6 is 15.9 Å². The van der Waals surface area contributed by atoms with E-state index in [0.29, 0.717) is 17.6 Å². The predicted molar refractivity (Wildman–Crippen MR) is 73.6 cm³/mol. The summed E-state index contributed by atoms with van der Waals surface area (Å²) in [6.07, 6.45) is 2.85. The Hall–Kier alpha value is -0.770. The van der Waals surface area contributed by atoms with Gasteiger partial charge in [-0.1, -0.05) is 20.3 Å². The van der Waals surface area contributed by atoms with Crippen molar-refractivity contribution in [3.63, 3.8) is 0 Å². The van der Waals surface area contributed by atoms with Crippen molar-refractivity contribution in [3.05, 3.63) is 16.2 Å². The van der Waals surface area contributed by atoms with Crippen LogP contribution in [0.2, 0.25) is 0 Å². The molecule has 0 spiro atoms. The lowest BCUT2D eigenvalue weighted by Crippen LogP contribution is -2.24. The topological polar surface area (TPSA) is 50.9 Å². The molecule has 0 aliphatic rings. The molecule has 0 aromatic carbocycles. The highest BCUT2D eigenvalue weighted by Crippen LogP contribution is 2.28. The standard InChI is InChI=1S/C12H20BrN3/c1-5-7(2)9(4)16-12-11(13)8(3)10(14)6-15-12/h6-7,9H,5,14H2,1-4H3,(H,15,16). The summed E-state index contributed by atoms with van der Waals surface area (Å²) in [6.45, 7) is 8.59.